The van der Waals surface area contributed by atoms with Gasteiger partial charge in [0.15, 0.2) is 5.16 Å². The molecule has 1 saturated heterocycles. The van der Waals surface area contributed by atoms with Crippen LogP contribution in [0.5, 0.6) is 0 Å². The van der Waals surface area contributed by atoms with E-state index in [-0.39, 0.29) is 0 Å². The summed E-state index contributed by atoms with van der Waals surface area (Å²) in [4.78, 5) is 10.8. The summed E-state index contributed by atoms with van der Waals surface area (Å²) < 4.78 is 0. The zero-order valence-electron chi connectivity index (χ0n) is 10.1. The van der Waals surface area contributed by atoms with Crippen LogP contribution in [0.1, 0.15) is 12.8 Å². The van der Waals surface area contributed by atoms with Gasteiger partial charge < -0.3 is 10.2 Å². The summed E-state index contributed by atoms with van der Waals surface area (Å²) in [5.74, 6) is 0.906. The fraction of sp³-hybridized carbons (Fsp3) is 0.636. The highest BCUT2D eigenvalue weighted by Crippen LogP contribution is 2.22. The van der Waals surface area contributed by atoms with Crippen molar-refractivity contribution in [2.45, 2.75) is 24.0 Å². The molecule has 2 heterocycles. The number of aromatic nitrogens is 2. The molecule has 1 fully saturated rings. The van der Waals surface area contributed by atoms with Crippen LogP contribution in [0.25, 0.3) is 0 Å². The Morgan fingerprint density at radius 1 is 1.53 bits per heavy atom. The third kappa shape index (κ3) is 3.24. The summed E-state index contributed by atoms with van der Waals surface area (Å²) in [6, 6.07) is 2.32. The van der Waals surface area contributed by atoms with Crippen LogP contribution in [0.15, 0.2) is 11.2 Å². The van der Waals surface area contributed by atoms with Gasteiger partial charge in [-0.25, -0.2) is 9.97 Å². The Balaban J connectivity index is 2.17. The van der Waals surface area contributed by atoms with Crippen LogP contribution in [0.4, 0.5) is 5.82 Å². The van der Waals surface area contributed by atoms with E-state index in [1.807, 2.05) is 12.3 Å². The second-order valence-electron chi connectivity index (χ2n) is 4.15. The molecular weight excluding hydrogens is 256 g/mol. The maximum atomic E-state index is 6.01. The lowest BCUT2D eigenvalue weighted by Gasteiger charge is -2.32. The standard InChI is InChI=1S/C11H17ClN4S/c1-16(8-4-3-5-13-7-8)10-6-9(12)14-11(15-10)17-2/h6,8,13H,3-5,7H2,1-2H3/t8-/m0/s1. The highest BCUT2D eigenvalue weighted by Gasteiger charge is 2.19. The van der Waals surface area contributed by atoms with Gasteiger partial charge in [0.2, 0.25) is 0 Å². The van der Waals surface area contributed by atoms with Crippen LogP contribution < -0.4 is 10.2 Å². The minimum Gasteiger partial charge on any atom is -0.355 e. The zero-order chi connectivity index (χ0) is 12.3. The summed E-state index contributed by atoms with van der Waals surface area (Å²) in [5.41, 5.74) is 0. The molecule has 0 spiro atoms. The van der Waals surface area contributed by atoms with E-state index in [9.17, 15) is 0 Å². The second-order valence-corrected chi connectivity index (χ2v) is 5.31. The minimum atomic E-state index is 0.490. The van der Waals surface area contributed by atoms with E-state index in [1.165, 1.54) is 24.6 Å². The molecule has 1 aromatic rings. The van der Waals surface area contributed by atoms with E-state index >= 15 is 0 Å². The average molecular weight is 273 g/mol. The van der Waals surface area contributed by atoms with Crippen LogP contribution in [0, 0.1) is 0 Å². The molecule has 6 heteroatoms. The molecule has 1 aliphatic rings. The van der Waals surface area contributed by atoms with Gasteiger partial charge >= 0.3 is 0 Å². The SMILES string of the molecule is CSc1nc(Cl)cc(N(C)[C@H]2CCCNC2)n1. The molecule has 2 rings (SSSR count). The van der Waals surface area contributed by atoms with E-state index in [4.69, 9.17) is 11.6 Å². The average Bonchev–Trinajstić information content (AvgIpc) is 2.38. The van der Waals surface area contributed by atoms with Crippen LogP contribution in [-0.2, 0) is 0 Å². The van der Waals surface area contributed by atoms with Crippen molar-refractivity contribution in [1.82, 2.24) is 15.3 Å². The summed E-state index contributed by atoms with van der Waals surface area (Å²) in [6.07, 6.45) is 4.36. The number of nitrogens with one attached hydrogen (secondary N) is 1. The number of nitrogens with zero attached hydrogens (tertiary/aromatic N) is 3. The molecule has 0 radical (unpaired) electrons. The molecule has 0 amide bonds. The number of halogens is 1. The van der Waals surface area contributed by atoms with Crippen molar-refractivity contribution in [3.05, 3.63) is 11.2 Å². The molecule has 0 unspecified atom stereocenters. The summed E-state index contributed by atoms with van der Waals surface area (Å²) in [7, 11) is 2.07. The number of likely N-dealkylation sites (N-methyl/N-ethyl adjacent to an activating group) is 1. The van der Waals surface area contributed by atoms with E-state index < -0.39 is 0 Å². The molecule has 0 bridgehead atoms. The number of hydrogen-bond acceptors (Lipinski definition) is 5. The van der Waals surface area contributed by atoms with Crippen molar-refractivity contribution in [3.8, 4) is 0 Å². The molecular formula is C11H17ClN4S. The van der Waals surface area contributed by atoms with E-state index in [0.717, 1.165) is 24.1 Å². The minimum absolute atomic E-state index is 0.490. The molecule has 0 aliphatic carbocycles. The molecule has 4 nitrogen and oxygen atoms in total. The molecule has 1 atom stereocenters. The van der Waals surface area contributed by atoms with E-state index in [0.29, 0.717) is 11.2 Å². The predicted octanol–water partition coefficient (Wildman–Crippen LogP) is 2.04. The highest BCUT2D eigenvalue weighted by atomic mass is 35.5. The fourth-order valence-electron chi connectivity index (χ4n) is 2.01. The first kappa shape index (κ1) is 12.9. The largest absolute Gasteiger partial charge is 0.355 e. The monoisotopic (exact) mass is 272 g/mol. The maximum absolute atomic E-state index is 6.01. The van der Waals surface area contributed by atoms with E-state index in [1.54, 1.807) is 0 Å². The number of hydrogen-bond donors (Lipinski definition) is 1. The molecule has 0 saturated carbocycles. The maximum Gasteiger partial charge on any atom is 0.190 e. The Hall–Kier alpha value is -0.520. The van der Waals surface area contributed by atoms with Gasteiger partial charge in [-0.15, -0.1) is 0 Å². The van der Waals surface area contributed by atoms with Crippen molar-refractivity contribution in [2.24, 2.45) is 0 Å². The third-order valence-electron chi connectivity index (χ3n) is 3.02. The highest BCUT2D eigenvalue weighted by molar-refractivity contribution is 7.98. The second kappa shape index (κ2) is 5.89. The first-order valence-electron chi connectivity index (χ1n) is 5.73. The normalized spacial score (nSPS) is 20.3. The first-order valence-corrected chi connectivity index (χ1v) is 7.33. The third-order valence-corrected chi connectivity index (χ3v) is 3.76. The molecule has 1 N–H and O–H groups in total. The lowest BCUT2D eigenvalue weighted by atomic mass is 10.1. The van der Waals surface area contributed by atoms with Gasteiger partial charge in [-0.1, -0.05) is 23.4 Å². The van der Waals surface area contributed by atoms with Crippen LogP contribution in [0.2, 0.25) is 5.15 Å². The Labute approximate surface area is 111 Å². The van der Waals surface area contributed by atoms with Gasteiger partial charge in [-0.2, -0.15) is 0 Å². The quantitative estimate of drug-likeness (QED) is 0.518. The molecule has 17 heavy (non-hydrogen) atoms. The van der Waals surface area contributed by atoms with Gasteiger partial charge in [0.25, 0.3) is 0 Å². The Kier molecular flexibility index (Phi) is 4.48. The van der Waals surface area contributed by atoms with Gasteiger partial charge in [0, 0.05) is 25.7 Å². The lowest BCUT2D eigenvalue weighted by molar-refractivity contribution is 0.442. The molecule has 0 aromatic carbocycles. The predicted molar refractivity (Wildman–Crippen MR) is 73.1 cm³/mol. The number of piperidine rings is 1. The van der Waals surface area contributed by atoms with Gasteiger partial charge in [0.1, 0.15) is 11.0 Å². The number of anilines is 1. The topological polar surface area (TPSA) is 41.1 Å². The van der Waals surface area contributed by atoms with Crippen molar-refractivity contribution in [2.75, 3.05) is 31.3 Å². The lowest BCUT2D eigenvalue weighted by Crippen LogP contribution is -2.44. The summed E-state index contributed by atoms with van der Waals surface area (Å²) in [6.45, 7) is 2.12. The summed E-state index contributed by atoms with van der Waals surface area (Å²) in [5, 5.41) is 4.64. The molecule has 1 aromatic heterocycles. The molecule has 1 aliphatic heterocycles. The van der Waals surface area contributed by atoms with Crippen molar-refractivity contribution >= 4 is 29.2 Å². The summed E-state index contributed by atoms with van der Waals surface area (Å²) >= 11 is 7.52. The van der Waals surface area contributed by atoms with Crippen LogP contribution >= 0.6 is 23.4 Å². The Bertz CT molecular complexity index is 382. The zero-order valence-corrected chi connectivity index (χ0v) is 11.7. The van der Waals surface area contributed by atoms with E-state index in [2.05, 4.69) is 27.2 Å². The first-order chi connectivity index (χ1) is 8.20. The Morgan fingerprint density at radius 2 is 2.35 bits per heavy atom. The van der Waals surface area contributed by atoms with Gasteiger partial charge in [-0.05, 0) is 25.6 Å². The van der Waals surface area contributed by atoms with Crippen molar-refractivity contribution in [1.29, 1.82) is 0 Å². The number of rotatable bonds is 3. The molecule has 94 valence electrons. The van der Waals surface area contributed by atoms with Gasteiger partial charge in [0.05, 0.1) is 0 Å². The number of thioether (sulfide) groups is 1. The van der Waals surface area contributed by atoms with Crippen LogP contribution in [0.3, 0.4) is 0 Å². The van der Waals surface area contributed by atoms with Crippen molar-refractivity contribution < 1.29 is 0 Å². The fourth-order valence-corrected chi connectivity index (χ4v) is 2.61. The van der Waals surface area contributed by atoms with Crippen molar-refractivity contribution in [3.63, 3.8) is 0 Å². The van der Waals surface area contributed by atoms with Gasteiger partial charge in [-0.3, -0.25) is 0 Å². The Morgan fingerprint density at radius 3 is 3.00 bits per heavy atom. The smallest absolute Gasteiger partial charge is 0.190 e. The van der Waals surface area contributed by atoms with Crippen LogP contribution in [-0.4, -0.2) is 42.4 Å².